The van der Waals surface area contributed by atoms with Gasteiger partial charge in [0.25, 0.3) is 0 Å². The molecule has 2 aliphatic rings. The van der Waals surface area contributed by atoms with Crippen LogP contribution in [0.15, 0.2) is 11.1 Å². The SMILES string of the molecule is O=C1CCCC2=C1C[C@H](C(=O)O)CC2. The molecule has 0 aliphatic heterocycles. The zero-order valence-electron chi connectivity index (χ0n) is 8.08. The van der Waals surface area contributed by atoms with E-state index in [1.807, 2.05) is 0 Å². The number of Topliss-reactive ketones (excluding diaryl/α,β-unsaturated/α-hetero) is 1. The minimum Gasteiger partial charge on any atom is -0.481 e. The molecule has 0 fully saturated rings. The molecular formula is C11H14O3. The minimum absolute atomic E-state index is 0.192. The van der Waals surface area contributed by atoms with Gasteiger partial charge in [-0.1, -0.05) is 5.57 Å². The predicted octanol–water partition coefficient (Wildman–Crippen LogP) is 1.92. The molecule has 0 radical (unpaired) electrons. The first kappa shape index (κ1) is 9.44. The maximum Gasteiger partial charge on any atom is 0.306 e. The number of carboxylic acids is 1. The van der Waals surface area contributed by atoms with E-state index in [2.05, 4.69) is 0 Å². The fourth-order valence-electron chi connectivity index (χ4n) is 2.40. The molecule has 14 heavy (non-hydrogen) atoms. The molecule has 0 heterocycles. The van der Waals surface area contributed by atoms with E-state index in [9.17, 15) is 9.59 Å². The van der Waals surface area contributed by atoms with E-state index >= 15 is 0 Å². The summed E-state index contributed by atoms with van der Waals surface area (Å²) in [6, 6.07) is 0. The number of aliphatic carboxylic acids is 1. The summed E-state index contributed by atoms with van der Waals surface area (Å²) in [4.78, 5) is 22.3. The van der Waals surface area contributed by atoms with Crippen LogP contribution in [0.4, 0.5) is 0 Å². The van der Waals surface area contributed by atoms with Gasteiger partial charge in [-0.2, -0.15) is 0 Å². The molecule has 3 nitrogen and oxygen atoms in total. The van der Waals surface area contributed by atoms with Crippen LogP contribution in [0.3, 0.4) is 0 Å². The van der Waals surface area contributed by atoms with Gasteiger partial charge in [0.05, 0.1) is 5.92 Å². The van der Waals surface area contributed by atoms with Gasteiger partial charge in [0.1, 0.15) is 0 Å². The Hall–Kier alpha value is -1.12. The third-order valence-electron chi connectivity index (χ3n) is 3.24. The number of carbonyl (C=O) groups is 2. The third kappa shape index (κ3) is 1.59. The Balaban J connectivity index is 2.20. The molecule has 1 N–H and O–H groups in total. The summed E-state index contributed by atoms with van der Waals surface area (Å²) in [5.74, 6) is -0.886. The number of hydrogen-bond donors (Lipinski definition) is 1. The van der Waals surface area contributed by atoms with Crippen molar-refractivity contribution in [3.8, 4) is 0 Å². The van der Waals surface area contributed by atoms with Crippen LogP contribution in [0.2, 0.25) is 0 Å². The summed E-state index contributed by atoms with van der Waals surface area (Å²) in [5, 5.41) is 8.88. The van der Waals surface area contributed by atoms with E-state index in [0.717, 1.165) is 24.8 Å². The highest BCUT2D eigenvalue weighted by Crippen LogP contribution is 2.36. The normalized spacial score (nSPS) is 27.4. The standard InChI is InChI=1S/C11H14O3/c12-10-3-1-2-7-4-5-8(11(13)14)6-9(7)10/h8H,1-6H2,(H,13,14)/t8-/m1/s1. The second-order valence-corrected chi connectivity index (χ2v) is 4.14. The zero-order chi connectivity index (χ0) is 10.1. The van der Waals surface area contributed by atoms with Gasteiger partial charge in [-0.25, -0.2) is 0 Å². The molecule has 0 saturated carbocycles. The van der Waals surface area contributed by atoms with Crippen molar-refractivity contribution in [2.24, 2.45) is 5.92 Å². The lowest BCUT2D eigenvalue weighted by molar-refractivity contribution is -0.142. The summed E-state index contributed by atoms with van der Waals surface area (Å²) >= 11 is 0. The van der Waals surface area contributed by atoms with Crippen LogP contribution in [-0.2, 0) is 9.59 Å². The van der Waals surface area contributed by atoms with Gasteiger partial charge >= 0.3 is 5.97 Å². The number of carbonyl (C=O) groups excluding carboxylic acids is 1. The largest absolute Gasteiger partial charge is 0.481 e. The maximum absolute atomic E-state index is 11.5. The Bertz CT molecular complexity index is 314. The minimum atomic E-state index is -0.755. The number of carboxylic acid groups (broad SMARTS) is 1. The molecule has 1 atom stereocenters. The quantitative estimate of drug-likeness (QED) is 0.693. The van der Waals surface area contributed by atoms with E-state index in [-0.39, 0.29) is 11.7 Å². The van der Waals surface area contributed by atoms with E-state index in [1.165, 1.54) is 5.57 Å². The summed E-state index contributed by atoms with van der Waals surface area (Å²) in [6.07, 6.45) is 4.58. The van der Waals surface area contributed by atoms with E-state index < -0.39 is 5.97 Å². The Morgan fingerprint density at radius 2 is 2.07 bits per heavy atom. The maximum atomic E-state index is 11.5. The van der Waals surface area contributed by atoms with Crippen LogP contribution < -0.4 is 0 Å². The molecule has 0 amide bonds. The molecule has 0 aromatic rings. The molecular weight excluding hydrogens is 180 g/mol. The molecule has 3 heteroatoms. The lowest BCUT2D eigenvalue weighted by Gasteiger charge is -2.27. The molecule has 0 unspecified atom stereocenters. The molecule has 0 bridgehead atoms. The first-order valence-corrected chi connectivity index (χ1v) is 5.15. The Labute approximate surface area is 82.8 Å². The molecule has 0 saturated heterocycles. The number of rotatable bonds is 1. The summed E-state index contributed by atoms with van der Waals surface area (Å²) < 4.78 is 0. The number of hydrogen-bond acceptors (Lipinski definition) is 2. The van der Waals surface area contributed by atoms with Crippen molar-refractivity contribution in [2.75, 3.05) is 0 Å². The number of allylic oxidation sites excluding steroid dienone is 2. The smallest absolute Gasteiger partial charge is 0.306 e. The Morgan fingerprint density at radius 1 is 1.29 bits per heavy atom. The average molecular weight is 194 g/mol. The van der Waals surface area contributed by atoms with Crippen LogP contribution in [0, 0.1) is 5.92 Å². The molecule has 2 aliphatic carbocycles. The van der Waals surface area contributed by atoms with Crippen molar-refractivity contribution in [3.63, 3.8) is 0 Å². The third-order valence-corrected chi connectivity index (χ3v) is 3.24. The van der Waals surface area contributed by atoms with Gasteiger partial charge in [-0.15, -0.1) is 0 Å². The van der Waals surface area contributed by atoms with Crippen molar-refractivity contribution < 1.29 is 14.7 Å². The second-order valence-electron chi connectivity index (χ2n) is 4.14. The molecule has 0 aromatic heterocycles. The highest BCUT2D eigenvalue weighted by atomic mass is 16.4. The lowest BCUT2D eigenvalue weighted by atomic mass is 9.77. The van der Waals surface area contributed by atoms with Crippen LogP contribution in [0.1, 0.15) is 38.5 Å². The fourth-order valence-corrected chi connectivity index (χ4v) is 2.40. The van der Waals surface area contributed by atoms with Gasteiger partial charge in [0.15, 0.2) is 5.78 Å². The predicted molar refractivity (Wildman–Crippen MR) is 50.9 cm³/mol. The van der Waals surface area contributed by atoms with Crippen LogP contribution in [-0.4, -0.2) is 16.9 Å². The summed E-state index contributed by atoms with van der Waals surface area (Å²) in [5.41, 5.74) is 2.08. The first-order valence-electron chi connectivity index (χ1n) is 5.15. The second kappa shape index (κ2) is 3.56. The van der Waals surface area contributed by atoms with Crippen LogP contribution in [0.25, 0.3) is 0 Å². The van der Waals surface area contributed by atoms with Gasteiger partial charge in [0, 0.05) is 6.42 Å². The van der Waals surface area contributed by atoms with Crippen molar-refractivity contribution in [2.45, 2.75) is 38.5 Å². The van der Waals surface area contributed by atoms with Gasteiger partial charge in [0.2, 0.25) is 0 Å². The zero-order valence-corrected chi connectivity index (χ0v) is 8.08. The number of ketones is 1. The van der Waals surface area contributed by atoms with Crippen molar-refractivity contribution in [1.82, 2.24) is 0 Å². The van der Waals surface area contributed by atoms with Crippen molar-refractivity contribution in [1.29, 1.82) is 0 Å². The van der Waals surface area contributed by atoms with Gasteiger partial charge in [-0.05, 0) is 37.7 Å². The van der Waals surface area contributed by atoms with E-state index in [1.54, 1.807) is 0 Å². The van der Waals surface area contributed by atoms with Gasteiger partial charge < -0.3 is 5.11 Å². The fraction of sp³-hybridized carbons (Fsp3) is 0.636. The first-order chi connectivity index (χ1) is 6.68. The lowest BCUT2D eigenvalue weighted by Crippen LogP contribution is -2.24. The Kier molecular flexibility index (Phi) is 2.40. The summed E-state index contributed by atoms with van der Waals surface area (Å²) in [6.45, 7) is 0. The molecule has 0 aromatic carbocycles. The molecule has 76 valence electrons. The van der Waals surface area contributed by atoms with E-state index in [4.69, 9.17) is 5.11 Å². The Morgan fingerprint density at radius 3 is 2.79 bits per heavy atom. The van der Waals surface area contributed by atoms with Crippen LogP contribution >= 0.6 is 0 Å². The summed E-state index contributed by atoms with van der Waals surface area (Å²) in [7, 11) is 0. The molecule has 2 rings (SSSR count). The van der Waals surface area contributed by atoms with Crippen molar-refractivity contribution >= 4 is 11.8 Å². The van der Waals surface area contributed by atoms with E-state index in [0.29, 0.717) is 19.3 Å². The van der Waals surface area contributed by atoms with Crippen molar-refractivity contribution in [3.05, 3.63) is 11.1 Å². The average Bonchev–Trinajstić information content (AvgIpc) is 2.18. The van der Waals surface area contributed by atoms with Gasteiger partial charge in [-0.3, -0.25) is 9.59 Å². The topological polar surface area (TPSA) is 54.4 Å². The monoisotopic (exact) mass is 194 g/mol. The highest BCUT2D eigenvalue weighted by Gasteiger charge is 2.30. The highest BCUT2D eigenvalue weighted by molar-refractivity contribution is 5.97. The van der Waals surface area contributed by atoms with Crippen LogP contribution in [0.5, 0.6) is 0 Å². The molecule has 0 spiro atoms.